The van der Waals surface area contributed by atoms with Crippen LogP contribution >= 0.6 is 0 Å². The molecule has 1 heteroatoms. The minimum atomic E-state index is -0.0406. The first-order valence-electron chi connectivity index (χ1n) is 7.37. The van der Waals surface area contributed by atoms with Crippen LogP contribution in [0.5, 0.6) is 0 Å². The first kappa shape index (κ1) is 14.0. The SMILES string of the molecule is CCCCCCCCC(O)C1(C)CCCC1. The maximum absolute atomic E-state index is 10.2. The van der Waals surface area contributed by atoms with E-state index in [-0.39, 0.29) is 11.5 Å². The van der Waals surface area contributed by atoms with Gasteiger partial charge in [-0.1, -0.05) is 65.2 Å². The van der Waals surface area contributed by atoms with Crippen LogP contribution in [-0.2, 0) is 0 Å². The number of hydrogen-bond acceptors (Lipinski definition) is 1. The summed E-state index contributed by atoms with van der Waals surface area (Å²) in [6, 6.07) is 0. The Bertz CT molecular complexity index is 170. The molecule has 96 valence electrons. The molecular formula is C15H30O. The van der Waals surface area contributed by atoms with Crippen LogP contribution in [0.2, 0.25) is 0 Å². The predicted octanol–water partition coefficient (Wildman–Crippen LogP) is 4.68. The molecule has 0 spiro atoms. The van der Waals surface area contributed by atoms with Crippen molar-refractivity contribution in [3.8, 4) is 0 Å². The van der Waals surface area contributed by atoms with Crippen LogP contribution in [0.15, 0.2) is 0 Å². The summed E-state index contributed by atoms with van der Waals surface area (Å²) in [6.45, 7) is 4.53. The second-order valence-electron chi connectivity index (χ2n) is 5.93. The molecule has 0 bridgehead atoms. The van der Waals surface area contributed by atoms with Crippen LogP contribution in [0.25, 0.3) is 0 Å². The van der Waals surface area contributed by atoms with E-state index in [0.717, 1.165) is 6.42 Å². The Hall–Kier alpha value is -0.0400. The average molecular weight is 226 g/mol. The van der Waals surface area contributed by atoms with Gasteiger partial charge in [-0.15, -0.1) is 0 Å². The Morgan fingerprint density at radius 1 is 1.00 bits per heavy atom. The van der Waals surface area contributed by atoms with E-state index in [1.165, 1.54) is 64.2 Å². The molecule has 1 saturated carbocycles. The molecule has 1 rings (SSSR count). The summed E-state index contributed by atoms with van der Waals surface area (Å²) < 4.78 is 0. The minimum Gasteiger partial charge on any atom is -0.393 e. The molecule has 1 fully saturated rings. The first-order chi connectivity index (χ1) is 7.69. The van der Waals surface area contributed by atoms with Gasteiger partial charge in [-0.3, -0.25) is 0 Å². The van der Waals surface area contributed by atoms with Gasteiger partial charge in [0.2, 0.25) is 0 Å². The van der Waals surface area contributed by atoms with Gasteiger partial charge in [0.25, 0.3) is 0 Å². The number of hydrogen-bond donors (Lipinski definition) is 1. The number of aliphatic hydroxyl groups is 1. The lowest BCUT2D eigenvalue weighted by atomic mass is 9.80. The molecule has 1 N–H and O–H groups in total. The number of aliphatic hydroxyl groups excluding tert-OH is 1. The van der Waals surface area contributed by atoms with Crippen LogP contribution in [-0.4, -0.2) is 11.2 Å². The lowest BCUT2D eigenvalue weighted by molar-refractivity contribution is 0.0330. The van der Waals surface area contributed by atoms with Gasteiger partial charge < -0.3 is 5.11 Å². The van der Waals surface area contributed by atoms with E-state index >= 15 is 0 Å². The maximum atomic E-state index is 10.2. The second kappa shape index (κ2) is 7.32. The molecule has 16 heavy (non-hydrogen) atoms. The van der Waals surface area contributed by atoms with Gasteiger partial charge in [-0.05, 0) is 24.7 Å². The molecule has 1 atom stereocenters. The van der Waals surface area contributed by atoms with E-state index in [0.29, 0.717) is 0 Å². The fourth-order valence-electron chi connectivity index (χ4n) is 2.98. The summed E-state index contributed by atoms with van der Waals surface area (Å²) in [7, 11) is 0. The summed E-state index contributed by atoms with van der Waals surface area (Å²) in [5, 5.41) is 10.2. The lowest BCUT2D eigenvalue weighted by Gasteiger charge is -2.30. The zero-order valence-electron chi connectivity index (χ0n) is 11.3. The van der Waals surface area contributed by atoms with Crippen molar-refractivity contribution in [1.82, 2.24) is 0 Å². The lowest BCUT2D eigenvalue weighted by Crippen LogP contribution is -2.29. The Balaban J connectivity index is 2.03. The van der Waals surface area contributed by atoms with Crippen molar-refractivity contribution in [2.45, 2.75) is 90.6 Å². The van der Waals surface area contributed by atoms with Crippen molar-refractivity contribution in [3.05, 3.63) is 0 Å². The Morgan fingerprint density at radius 3 is 2.19 bits per heavy atom. The van der Waals surface area contributed by atoms with E-state index < -0.39 is 0 Å². The summed E-state index contributed by atoms with van der Waals surface area (Å²) in [5.74, 6) is 0. The zero-order valence-corrected chi connectivity index (χ0v) is 11.3. The standard InChI is InChI=1S/C15H30O/c1-3-4-5-6-7-8-11-14(16)15(2)12-9-10-13-15/h14,16H,3-13H2,1-2H3. The van der Waals surface area contributed by atoms with E-state index in [2.05, 4.69) is 13.8 Å². The molecule has 0 aromatic carbocycles. The van der Waals surface area contributed by atoms with Crippen LogP contribution < -0.4 is 0 Å². The van der Waals surface area contributed by atoms with E-state index in [4.69, 9.17) is 0 Å². The highest BCUT2D eigenvalue weighted by atomic mass is 16.3. The highest BCUT2D eigenvalue weighted by Gasteiger charge is 2.35. The summed E-state index contributed by atoms with van der Waals surface area (Å²) in [6.07, 6.45) is 14.1. The van der Waals surface area contributed by atoms with E-state index in [1.807, 2.05) is 0 Å². The Morgan fingerprint density at radius 2 is 1.56 bits per heavy atom. The van der Waals surface area contributed by atoms with Gasteiger partial charge in [0, 0.05) is 0 Å². The van der Waals surface area contributed by atoms with Gasteiger partial charge in [0.15, 0.2) is 0 Å². The molecule has 0 aliphatic heterocycles. The van der Waals surface area contributed by atoms with Gasteiger partial charge in [-0.2, -0.15) is 0 Å². The second-order valence-corrected chi connectivity index (χ2v) is 5.93. The molecule has 0 aromatic heterocycles. The topological polar surface area (TPSA) is 20.2 Å². The number of unbranched alkanes of at least 4 members (excludes halogenated alkanes) is 5. The third-order valence-corrected chi connectivity index (χ3v) is 4.38. The van der Waals surface area contributed by atoms with Gasteiger partial charge in [0.1, 0.15) is 0 Å². The monoisotopic (exact) mass is 226 g/mol. The van der Waals surface area contributed by atoms with Gasteiger partial charge in [-0.25, -0.2) is 0 Å². The van der Waals surface area contributed by atoms with Crippen LogP contribution in [0, 0.1) is 5.41 Å². The Kier molecular flexibility index (Phi) is 6.41. The van der Waals surface area contributed by atoms with Crippen LogP contribution in [0.3, 0.4) is 0 Å². The molecule has 0 aromatic rings. The van der Waals surface area contributed by atoms with Crippen LogP contribution in [0.1, 0.15) is 84.5 Å². The normalized spacial score (nSPS) is 21.2. The van der Waals surface area contributed by atoms with Crippen molar-refractivity contribution >= 4 is 0 Å². The smallest absolute Gasteiger partial charge is 0.0593 e. The molecule has 1 unspecified atom stereocenters. The highest BCUT2D eigenvalue weighted by molar-refractivity contribution is 4.86. The van der Waals surface area contributed by atoms with Crippen molar-refractivity contribution in [1.29, 1.82) is 0 Å². The van der Waals surface area contributed by atoms with Crippen LogP contribution in [0.4, 0.5) is 0 Å². The van der Waals surface area contributed by atoms with Crippen molar-refractivity contribution < 1.29 is 5.11 Å². The van der Waals surface area contributed by atoms with Crippen molar-refractivity contribution in [3.63, 3.8) is 0 Å². The number of rotatable bonds is 8. The van der Waals surface area contributed by atoms with Crippen molar-refractivity contribution in [2.75, 3.05) is 0 Å². The molecule has 1 aliphatic carbocycles. The largest absolute Gasteiger partial charge is 0.393 e. The van der Waals surface area contributed by atoms with E-state index in [9.17, 15) is 5.11 Å². The quantitative estimate of drug-likeness (QED) is 0.596. The zero-order chi connectivity index (χ0) is 11.9. The molecule has 0 heterocycles. The van der Waals surface area contributed by atoms with Gasteiger partial charge >= 0.3 is 0 Å². The first-order valence-corrected chi connectivity index (χ1v) is 7.37. The maximum Gasteiger partial charge on any atom is 0.0593 e. The fraction of sp³-hybridized carbons (Fsp3) is 1.00. The summed E-state index contributed by atoms with van der Waals surface area (Å²) in [4.78, 5) is 0. The molecule has 0 saturated heterocycles. The Labute approximate surface area is 102 Å². The predicted molar refractivity (Wildman–Crippen MR) is 70.6 cm³/mol. The molecular weight excluding hydrogens is 196 g/mol. The summed E-state index contributed by atoms with van der Waals surface area (Å²) in [5.41, 5.74) is 0.253. The molecule has 0 amide bonds. The molecule has 0 radical (unpaired) electrons. The third-order valence-electron chi connectivity index (χ3n) is 4.38. The van der Waals surface area contributed by atoms with E-state index in [1.54, 1.807) is 0 Å². The minimum absolute atomic E-state index is 0.0406. The average Bonchev–Trinajstić information content (AvgIpc) is 2.71. The van der Waals surface area contributed by atoms with Crippen molar-refractivity contribution in [2.24, 2.45) is 5.41 Å². The molecule has 1 aliphatic rings. The molecule has 1 nitrogen and oxygen atoms in total. The van der Waals surface area contributed by atoms with Gasteiger partial charge in [0.05, 0.1) is 6.10 Å². The summed E-state index contributed by atoms with van der Waals surface area (Å²) >= 11 is 0. The highest BCUT2D eigenvalue weighted by Crippen LogP contribution is 2.41. The fourth-order valence-corrected chi connectivity index (χ4v) is 2.98. The third kappa shape index (κ3) is 4.45.